The average Bonchev–Trinajstić information content (AvgIpc) is 2.26. The molecule has 16 heavy (non-hydrogen) atoms. The van der Waals surface area contributed by atoms with Gasteiger partial charge in [-0.2, -0.15) is 0 Å². The van der Waals surface area contributed by atoms with E-state index in [1.165, 1.54) is 0 Å². The first-order chi connectivity index (χ1) is 7.63. The van der Waals surface area contributed by atoms with Crippen molar-refractivity contribution in [2.45, 2.75) is 26.4 Å². The van der Waals surface area contributed by atoms with Crippen LogP contribution in [0.5, 0.6) is 5.75 Å². The van der Waals surface area contributed by atoms with E-state index in [0.29, 0.717) is 13.2 Å². The molecule has 4 nitrogen and oxygen atoms in total. The Morgan fingerprint density at radius 3 is 2.94 bits per heavy atom. The fraction of sp³-hybridized carbons (Fsp3) is 0.417. The molecule has 0 heterocycles. The number of esters is 1. The molecular formula is C12H17NO3. The normalized spacial score (nSPS) is 12.1. The van der Waals surface area contributed by atoms with Crippen molar-refractivity contribution >= 4 is 5.97 Å². The van der Waals surface area contributed by atoms with E-state index in [1.807, 2.05) is 6.07 Å². The SMILES string of the molecule is CCOC(=O)C(C)NCc1cccc(O)c1. The lowest BCUT2D eigenvalue weighted by atomic mass is 10.2. The summed E-state index contributed by atoms with van der Waals surface area (Å²) in [6.07, 6.45) is 0. The molecule has 0 spiro atoms. The number of phenolic OH excluding ortho intramolecular Hbond substituents is 1. The highest BCUT2D eigenvalue weighted by Crippen LogP contribution is 2.10. The van der Waals surface area contributed by atoms with Crippen LogP contribution in [-0.2, 0) is 16.1 Å². The van der Waals surface area contributed by atoms with Crippen LogP contribution in [-0.4, -0.2) is 23.7 Å². The Morgan fingerprint density at radius 1 is 1.56 bits per heavy atom. The van der Waals surface area contributed by atoms with E-state index in [1.54, 1.807) is 32.0 Å². The van der Waals surface area contributed by atoms with Crippen LogP contribution in [0, 0.1) is 0 Å². The van der Waals surface area contributed by atoms with Gasteiger partial charge in [0.1, 0.15) is 11.8 Å². The summed E-state index contributed by atoms with van der Waals surface area (Å²) in [5, 5.41) is 12.3. The molecule has 88 valence electrons. The second-order valence-corrected chi connectivity index (χ2v) is 3.52. The van der Waals surface area contributed by atoms with Gasteiger partial charge in [-0.3, -0.25) is 4.79 Å². The zero-order valence-corrected chi connectivity index (χ0v) is 9.56. The van der Waals surface area contributed by atoms with E-state index in [9.17, 15) is 9.90 Å². The van der Waals surface area contributed by atoms with Gasteiger partial charge in [0.15, 0.2) is 0 Å². The summed E-state index contributed by atoms with van der Waals surface area (Å²) in [6.45, 7) is 4.44. The van der Waals surface area contributed by atoms with E-state index in [0.717, 1.165) is 5.56 Å². The van der Waals surface area contributed by atoms with Gasteiger partial charge >= 0.3 is 5.97 Å². The Morgan fingerprint density at radius 2 is 2.31 bits per heavy atom. The fourth-order valence-corrected chi connectivity index (χ4v) is 1.29. The van der Waals surface area contributed by atoms with E-state index < -0.39 is 0 Å². The van der Waals surface area contributed by atoms with Gasteiger partial charge in [-0.1, -0.05) is 12.1 Å². The lowest BCUT2D eigenvalue weighted by Gasteiger charge is -2.12. The Balaban J connectivity index is 2.42. The first-order valence-electron chi connectivity index (χ1n) is 5.31. The van der Waals surface area contributed by atoms with Crippen molar-refractivity contribution in [1.82, 2.24) is 5.32 Å². The summed E-state index contributed by atoms with van der Waals surface area (Å²) in [5.41, 5.74) is 0.927. The molecule has 1 rings (SSSR count). The molecule has 2 N–H and O–H groups in total. The summed E-state index contributed by atoms with van der Waals surface area (Å²) >= 11 is 0. The van der Waals surface area contributed by atoms with Gasteiger partial charge in [0, 0.05) is 6.54 Å². The maximum Gasteiger partial charge on any atom is 0.322 e. The first-order valence-corrected chi connectivity index (χ1v) is 5.31. The van der Waals surface area contributed by atoms with Crippen LogP contribution in [0.2, 0.25) is 0 Å². The Bertz CT molecular complexity index is 352. The molecule has 1 atom stereocenters. The van der Waals surface area contributed by atoms with Gasteiger partial charge in [-0.15, -0.1) is 0 Å². The summed E-state index contributed by atoms with van der Waals surface area (Å²) in [7, 11) is 0. The van der Waals surface area contributed by atoms with Crippen LogP contribution < -0.4 is 5.32 Å². The maximum absolute atomic E-state index is 11.3. The predicted octanol–water partition coefficient (Wildman–Crippen LogP) is 1.43. The molecule has 4 heteroatoms. The van der Waals surface area contributed by atoms with Crippen LogP contribution in [0.3, 0.4) is 0 Å². The minimum Gasteiger partial charge on any atom is -0.508 e. The highest BCUT2D eigenvalue weighted by molar-refractivity contribution is 5.75. The molecule has 0 bridgehead atoms. The second kappa shape index (κ2) is 6.12. The third-order valence-corrected chi connectivity index (χ3v) is 2.16. The summed E-state index contributed by atoms with van der Waals surface area (Å²) in [4.78, 5) is 11.3. The average molecular weight is 223 g/mol. The van der Waals surface area contributed by atoms with Crippen molar-refractivity contribution in [2.75, 3.05) is 6.61 Å². The number of carbonyl (C=O) groups is 1. The topological polar surface area (TPSA) is 58.6 Å². The van der Waals surface area contributed by atoms with Crippen molar-refractivity contribution < 1.29 is 14.6 Å². The first kappa shape index (κ1) is 12.5. The molecule has 0 radical (unpaired) electrons. The van der Waals surface area contributed by atoms with E-state index in [2.05, 4.69) is 5.32 Å². The standard InChI is InChI=1S/C12H17NO3/c1-3-16-12(15)9(2)13-8-10-5-4-6-11(14)7-10/h4-7,9,13-14H,3,8H2,1-2H3. The smallest absolute Gasteiger partial charge is 0.322 e. The molecule has 1 unspecified atom stereocenters. The molecule has 0 fully saturated rings. The fourth-order valence-electron chi connectivity index (χ4n) is 1.29. The zero-order valence-electron chi connectivity index (χ0n) is 9.56. The van der Waals surface area contributed by atoms with Crippen LogP contribution in [0.4, 0.5) is 0 Å². The van der Waals surface area contributed by atoms with Gasteiger partial charge in [0.05, 0.1) is 6.61 Å². The molecule has 0 aliphatic rings. The monoisotopic (exact) mass is 223 g/mol. The van der Waals surface area contributed by atoms with Crippen molar-refractivity contribution in [1.29, 1.82) is 0 Å². The molecule has 0 aliphatic carbocycles. The number of phenols is 1. The number of ether oxygens (including phenoxy) is 1. The van der Waals surface area contributed by atoms with Gasteiger partial charge in [-0.25, -0.2) is 0 Å². The van der Waals surface area contributed by atoms with Crippen LogP contribution in [0.15, 0.2) is 24.3 Å². The van der Waals surface area contributed by atoms with Crippen LogP contribution in [0.25, 0.3) is 0 Å². The number of hydrogen-bond acceptors (Lipinski definition) is 4. The van der Waals surface area contributed by atoms with Crippen molar-refractivity contribution in [2.24, 2.45) is 0 Å². The third kappa shape index (κ3) is 3.90. The largest absolute Gasteiger partial charge is 0.508 e. The highest BCUT2D eigenvalue weighted by atomic mass is 16.5. The third-order valence-electron chi connectivity index (χ3n) is 2.16. The minimum atomic E-state index is -0.345. The lowest BCUT2D eigenvalue weighted by molar-refractivity contribution is -0.145. The van der Waals surface area contributed by atoms with Crippen molar-refractivity contribution in [3.63, 3.8) is 0 Å². The van der Waals surface area contributed by atoms with Crippen molar-refractivity contribution in [3.05, 3.63) is 29.8 Å². The number of rotatable bonds is 5. The Hall–Kier alpha value is -1.55. The van der Waals surface area contributed by atoms with E-state index in [4.69, 9.17) is 4.74 Å². The second-order valence-electron chi connectivity index (χ2n) is 3.52. The van der Waals surface area contributed by atoms with Crippen molar-refractivity contribution in [3.8, 4) is 5.75 Å². The van der Waals surface area contributed by atoms with Crippen LogP contribution in [0.1, 0.15) is 19.4 Å². The number of hydrogen-bond donors (Lipinski definition) is 2. The molecular weight excluding hydrogens is 206 g/mol. The number of carbonyl (C=O) groups excluding carboxylic acids is 1. The molecule has 0 saturated heterocycles. The summed E-state index contributed by atoms with van der Waals surface area (Å²) < 4.78 is 4.86. The number of nitrogens with one attached hydrogen (secondary N) is 1. The predicted molar refractivity (Wildman–Crippen MR) is 61.0 cm³/mol. The minimum absolute atomic E-state index is 0.225. The zero-order chi connectivity index (χ0) is 12.0. The summed E-state index contributed by atoms with van der Waals surface area (Å²) in [5.74, 6) is -0.0364. The van der Waals surface area contributed by atoms with Gasteiger partial charge in [0.2, 0.25) is 0 Å². The van der Waals surface area contributed by atoms with Gasteiger partial charge in [-0.05, 0) is 31.5 Å². The Labute approximate surface area is 95.2 Å². The summed E-state index contributed by atoms with van der Waals surface area (Å²) in [6, 6.07) is 6.57. The molecule has 0 aromatic heterocycles. The number of aromatic hydroxyl groups is 1. The van der Waals surface area contributed by atoms with E-state index >= 15 is 0 Å². The molecule has 0 amide bonds. The van der Waals surface area contributed by atoms with Gasteiger partial charge < -0.3 is 15.2 Å². The number of benzene rings is 1. The highest BCUT2D eigenvalue weighted by Gasteiger charge is 2.12. The molecule has 1 aromatic rings. The maximum atomic E-state index is 11.3. The van der Waals surface area contributed by atoms with E-state index in [-0.39, 0.29) is 17.8 Å². The van der Waals surface area contributed by atoms with Crippen LogP contribution >= 0.6 is 0 Å². The lowest BCUT2D eigenvalue weighted by Crippen LogP contribution is -2.34. The quantitative estimate of drug-likeness (QED) is 0.741. The molecule has 0 saturated carbocycles. The van der Waals surface area contributed by atoms with Gasteiger partial charge in [0.25, 0.3) is 0 Å². The molecule has 1 aromatic carbocycles. The Kier molecular flexibility index (Phi) is 4.79. The molecule has 0 aliphatic heterocycles.